The highest BCUT2D eigenvalue weighted by Crippen LogP contribution is 2.21. The molecule has 5 nitrogen and oxygen atoms in total. The minimum Gasteiger partial charge on any atom is -0.430 e. The Bertz CT molecular complexity index is 814. The van der Waals surface area contributed by atoms with E-state index in [9.17, 15) is 9.59 Å². The molecule has 0 bridgehead atoms. The molecule has 0 atom stereocenters. The fraction of sp³-hybridized carbons (Fsp3) is 0. The third-order valence-electron chi connectivity index (χ3n) is 2.84. The molecular formula is C15H10N2O3. The van der Waals surface area contributed by atoms with Crippen molar-refractivity contribution >= 4 is 22.5 Å². The molecule has 3 rings (SSSR count). The fourth-order valence-electron chi connectivity index (χ4n) is 1.89. The van der Waals surface area contributed by atoms with E-state index < -0.39 is 5.63 Å². The molecular weight excluding hydrogens is 256 g/mol. The summed E-state index contributed by atoms with van der Waals surface area (Å²) in [5.74, 6) is -0.355. The van der Waals surface area contributed by atoms with Gasteiger partial charge in [-0.1, -0.05) is 18.2 Å². The SMILES string of the molecule is O=C(Nc1cccc2cccnc12)c1ccc(=O)oc1. The zero-order chi connectivity index (χ0) is 13.9. The summed E-state index contributed by atoms with van der Waals surface area (Å²) >= 11 is 0. The Kier molecular flexibility index (Phi) is 3.01. The lowest BCUT2D eigenvalue weighted by atomic mass is 10.2. The van der Waals surface area contributed by atoms with Crippen LogP contribution in [-0.2, 0) is 0 Å². The van der Waals surface area contributed by atoms with Crippen LogP contribution in [-0.4, -0.2) is 10.9 Å². The van der Waals surface area contributed by atoms with E-state index in [0.29, 0.717) is 11.2 Å². The van der Waals surface area contributed by atoms with Gasteiger partial charge in [0.15, 0.2) is 0 Å². The number of hydrogen-bond donors (Lipinski definition) is 1. The number of carbonyl (C=O) groups excluding carboxylic acids is 1. The molecule has 0 saturated heterocycles. The van der Waals surface area contributed by atoms with Crippen LogP contribution >= 0.6 is 0 Å². The number of anilines is 1. The van der Waals surface area contributed by atoms with Crippen molar-refractivity contribution in [3.05, 3.63) is 70.9 Å². The van der Waals surface area contributed by atoms with Crippen molar-refractivity contribution in [3.8, 4) is 0 Å². The van der Waals surface area contributed by atoms with E-state index in [2.05, 4.69) is 14.7 Å². The second-order valence-electron chi connectivity index (χ2n) is 4.18. The van der Waals surface area contributed by atoms with Crippen molar-refractivity contribution in [2.24, 2.45) is 0 Å². The average Bonchev–Trinajstić information content (AvgIpc) is 2.48. The average molecular weight is 266 g/mol. The van der Waals surface area contributed by atoms with Gasteiger partial charge >= 0.3 is 5.63 Å². The van der Waals surface area contributed by atoms with Gasteiger partial charge < -0.3 is 9.73 Å². The summed E-state index contributed by atoms with van der Waals surface area (Å²) in [5, 5.41) is 3.69. The van der Waals surface area contributed by atoms with Crippen LogP contribution in [0.4, 0.5) is 5.69 Å². The Morgan fingerprint density at radius 2 is 1.95 bits per heavy atom. The maximum atomic E-state index is 12.1. The molecule has 3 aromatic rings. The molecule has 0 spiro atoms. The molecule has 0 unspecified atom stereocenters. The van der Waals surface area contributed by atoms with Crippen LogP contribution in [0.2, 0.25) is 0 Å². The zero-order valence-corrected chi connectivity index (χ0v) is 10.4. The van der Waals surface area contributed by atoms with Crippen LogP contribution in [0.5, 0.6) is 0 Å². The first-order valence-corrected chi connectivity index (χ1v) is 5.98. The third-order valence-corrected chi connectivity index (χ3v) is 2.84. The largest absolute Gasteiger partial charge is 0.430 e. The highest BCUT2D eigenvalue weighted by Gasteiger charge is 2.09. The first-order chi connectivity index (χ1) is 9.74. The molecule has 0 aliphatic rings. The van der Waals surface area contributed by atoms with Crippen LogP contribution in [0.1, 0.15) is 10.4 Å². The van der Waals surface area contributed by atoms with Crippen LogP contribution in [0.3, 0.4) is 0 Å². The van der Waals surface area contributed by atoms with E-state index in [1.165, 1.54) is 12.1 Å². The van der Waals surface area contributed by atoms with E-state index in [4.69, 9.17) is 0 Å². The number of fused-ring (bicyclic) bond motifs is 1. The maximum absolute atomic E-state index is 12.1. The molecule has 0 aliphatic carbocycles. The highest BCUT2D eigenvalue weighted by atomic mass is 16.4. The van der Waals surface area contributed by atoms with E-state index in [-0.39, 0.29) is 11.5 Å². The van der Waals surface area contributed by atoms with Crippen LogP contribution < -0.4 is 10.9 Å². The summed E-state index contributed by atoms with van der Waals surface area (Å²) in [6, 6.07) is 11.9. The Morgan fingerprint density at radius 1 is 1.10 bits per heavy atom. The predicted octanol–water partition coefficient (Wildman–Crippen LogP) is 2.44. The summed E-state index contributed by atoms with van der Waals surface area (Å²) in [7, 11) is 0. The quantitative estimate of drug-likeness (QED) is 0.773. The number of nitrogens with one attached hydrogen (secondary N) is 1. The minimum absolute atomic E-state index is 0.275. The number of para-hydroxylation sites is 1. The molecule has 20 heavy (non-hydrogen) atoms. The first kappa shape index (κ1) is 12.1. The van der Waals surface area contributed by atoms with Crippen molar-refractivity contribution in [2.45, 2.75) is 0 Å². The second-order valence-corrected chi connectivity index (χ2v) is 4.18. The molecule has 2 heterocycles. The van der Waals surface area contributed by atoms with E-state index >= 15 is 0 Å². The molecule has 0 fully saturated rings. The fourth-order valence-corrected chi connectivity index (χ4v) is 1.89. The maximum Gasteiger partial charge on any atom is 0.335 e. The van der Waals surface area contributed by atoms with Gasteiger partial charge in [0.05, 0.1) is 16.8 Å². The van der Waals surface area contributed by atoms with Gasteiger partial charge in [-0.2, -0.15) is 0 Å². The van der Waals surface area contributed by atoms with Crippen molar-refractivity contribution in [1.82, 2.24) is 4.98 Å². The molecule has 5 heteroatoms. The summed E-state index contributed by atoms with van der Waals surface area (Å²) < 4.78 is 4.67. The van der Waals surface area contributed by atoms with Crippen molar-refractivity contribution in [3.63, 3.8) is 0 Å². The second kappa shape index (κ2) is 4.97. The van der Waals surface area contributed by atoms with Gasteiger partial charge in [0.1, 0.15) is 6.26 Å². The minimum atomic E-state index is -0.492. The first-order valence-electron chi connectivity index (χ1n) is 5.98. The lowest BCUT2D eigenvalue weighted by Gasteiger charge is -2.07. The number of carbonyl (C=O) groups is 1. The predicted molar refractivity (Wildman–Crippen MR) is 74.7 cm³/mol. The molecule has 98 valence electrons. The highest BCUT2D eigenvalue weighted by molar-refractivity contribution is 6.07. The number of rotatable bonds is 2. The molecule has 1 aromatic carbocycles. The molecule has 0 radical (unpaired) electrons. The van der Waals surface area contributed by atoms with Gasteiger partial charge in [0.25, 0.3) is 5.91 Å². The Balaban J connectivity index is 1.95. The van der Waals surface area contributed by atoms with Gasteiger partial charge in [-0.15, -0.1) is 0 Å². The summed E-state index contributed by atoms with van der Waals surface area (Å²) in [5.41, 5.74) is 1.10. The number of benzene rings is 1. The Morgan fingerprint density at radius 3 is 2.75 bits per heavy atom. The lowest BCUT2D eigenvalue weighted by molar-refractivity contribution is 0.102. The summed E-state index contributed by atoms with van der Waals surface area (Å²) in [4.78, 5) is 27.2. The molecule has 1 amide bonds. The zero-order valence-electron chi connectivity index (χ0n) is 10.4. The van der Waals surface area contributed by atoms with Crippen molar-refractivity contribution in [1.29, 1.82) is 0 Å². The van der Waals surface area contributed by atoms with Crippen LogP contribution in [0, 0.1) is 0 Å². The summed E-state index contributed by atoms with van der Waals surface area (Å²) in [6.07, 6.45) is 2.80. The van der Waals surface area contributed by atoms with Crippen LogP contribution in [0.15, 0.2) is 64.1 Å². The smallest absolute Gasteiger partial charge is 0.335 e. The molecule has 1 N–H and O–H groups in total. The lowest BCUT2D eigenvalue weighted by Crippen LogP contribution is -2.13. The number of amides is 1. The van der Waals surface area contributed by atoms with E-state index in [1.807, 2.05) is 24.3 Å². The molecule has 0 aliphatic heterocycles. The summed E-state index contributed by atoms with van der Waals surface area (Å²) in [6.45, 7) is 0. The Labute approximate surface area is 113 Å². The topological polar surface area (TPSA) is 72.2 Å². The molecule has 2 aromatic heterocycles. The van der Waals surface area contributed by atoms with Crippen LogP contribution in [0.25, 0.3) is 10.9 Å². The van der Waals surface area contributed by atoms with E-state index in [1.54, 1.807) is 12.3 Å². The van der Waals surface area contributed by atoms with Gasteiger partial charge in [-0.05, 0) is 18.2 Å². The molecule has 0 saturated carbocycles. The third kappa shape index (κ3) is 2.29. The number of hydrogen-bond acceptors (Lipinski definition) is 4. The Hall–Kier alpha value is -2.95. The van der Waals surface area contributed by atoms with Gasteiger partial charge in [-0.3, -0.25) is 9.78 Å². The number of aromatic nitrogens is 1. The van der Waals surface area contributed by atoms with Crippen molar-refractivity contribution in [2.75, 3.05) is 5.32 Å². The van der Waals surface area contributed by atoms with Gasteiger partial charge in [0.2, 0.25) is 0 Å². The van der Waals surface area contributed by atoms with Crippen molar-refractivity contribution < 1.29 is 9.21 Å². The normalized spacial score (nSPS) is 10.4. The van der Waals surface area contributed by atoms with Gasteiger partial charge in [0, 0.05) is 17.6 Å². The van der Waals surface area contributed by atoms with Gasteiger partial charge in [-0.25, -0.2) is 4.79 Å². The monoisotopic (exact) mass is 266 g/mol. The number of nitrogens with zero attached hydrogens (tertiary/aromatic N) is 1. The van der Waals surface area contributed by atoms with E-state index in [0.717, 1.165) is 11.6 Å². The number of pyridine rings is 1. The standard InChI is InChI=1S/C15H10N2O3/c18-13-7-6-11(9-20-13)15(19)17-12-5-1-3-10-4-2-8-16-14(10)12/h1-9H,(H,17,19).